The molecular weight excluding hydrogens is 613 g/mol. The summed E-state index contributed by atoms with van der Waals surface area (Å²) in [5, 5.41) is 0. The minimum atomic E-state index is 0.974. The molecule has 0 rings (SSSR count). The molecule has 0 amide bonds. The van der Waals surface area contributed by atoms with Gasteiger partial charge in [-0.2, -0.15) is 0 Å². The highest BCUT2D eigenvalue weighted by atomic mass is 14.1. The Labute approximate surface area is 331 Å². The Kier molecular flexibility index (Phi) is 80.4. The van der Waals surface area contributed by atoms with Gasteiger partial charge in [0.2, 0.25) is 0 Å². The first-order chi connectivity index (χ1) is 25.0. The van der Waals surface area contributed by atoms with E-state index < -0.39 is 0 Å². The third kappa shape index (κ3) is 84.1. The normalized spacial score (nSPS) is 10.9. The van der Waals surface area contributed by atoms with Crippen molar-refractivity contribution in [2.45, 2.75) is 327 Å². The van der Waals surface area contributed by atoms with E-state index in [1.54, 1.807) is 0 Å². The lowest BCUT2D eigenvalue weighted by Gasteiger charge is -2.09. The van der Waals surface area contributed by atoms with Gasteiger partial charge in [0.15, 0.2) is 0 Å². The van der Waals surface area contributed by atoms with Crippen molar-refractivity contribution in [3.05, 3.63) is 0 Å². The molecular formula is C51H112. The molecule has 0 aromatic heterocycles. The van der Waals surface area contributed by atoms with Crippen LogP contribution in [-0.2, 0) is 0 Å². The molecule has 0 fully saturated rings. The fourth-order valence-corrected chi connectivity index (χ4v) is 6.27. The van der Waals surface area contributed by atoms with Gasteiger partial charge in [-0.3, -0.25) is 0 Å². The molecule has 0 spiro atoms. The summed E-state index contributed by atoms with van der Waals surface area (Å²) in [4.78, 5) is 0. The molecule has 0 nitrogen and oxygen atoms in total. The predicted octanol–water partition coefficient (Wildman–Crippen LogP) is 21.0. The standard InChI is InChI=1S/C11H24.4C10H22/c1-4-6-8-10-11(3)9-7-5-2;4*1-3-5-7-9-10-8-6-4-2/h11H,4-10H2,1-3H3;4*3-10H2,1-2H3. The summed E-state index contributed by atoms with van der Waals surface area (Å²) in [6.45, 7) is 25.1. The Morgan fingerprint density at radius 2 is 0.314 bits per heavy atom. The van der Waals surface area contributed by atoms with Crippen LogP contribution in [0, 0.1) is 5.92 Å². The lowest BCUT2D eigenvalue weighted by Crippen LogP contribution is -1.93. The fourth-order valence-electron chi connectivity index (χ4n) is 6.27. The molecule has 0 heteroatoms. The second-order valence-corrected chi connectivity index (χ2v) is 16.2. The van der Waals surface area contributed by atoms with E-state index in [9.17, 15) is 0 Å². The third-order valence-corrected chi connectivity index (χ3v) is 10.2. The van der Waals surface area contributed by atoms with E-state index in [4.69, 9.17) is 0 Å². The van der Waals surface area contributed by atoms with Crippen molar-refractivity contribution in [3.63, 3.8) is 0 Å². The molecule has 0 aromatic rings. The van der Waals surface area contributed by atoms with Crippen molar-refractivity contribution >= 4 is 0 Å². The summed E-state index contributed by atoms with van der Waals surface area (Å²) in [6, 6.07) is 0. The van der Waals surface area contributed by atoms with Gasteiger partial charge in [0, 0.05) is 0 Å². The summed E-state index contributed by atoms with van der Waals surface area (Å²) in [6.07, 6.45) is 55.8. The van der Waals surface area contributed by atoms with Crippen molar-refractivity contribution in [3.8, 4) is 0 Å². The minimum absolute atomic E-state index is 0.974. The summed E-state index contributed by atoms with van der Waals surface area (Å²) in [5.74, 6) is 0.974. The van der Waals surface area contributed by atoms with Crippen molar-refractivity contribution in [2.24, 2.45) is 5.92 Å². The maximum atomic E-state index is 2.39. The van der Waals surface area contributed by atoms with Gasteiger partial charge in [-0.15, -0.1) is 0 Å². The molecule has 0 aliphatic rings. The predicted molar refractivity (Wildman–Crippen MR) is 246 cm³/mol. The summed E-state index contributed by atoms with van der Waals surface area (Å²) in [7, 11) is 0. The summed E-state index contributed by atoms with van der Waals surface area (Å²) < 4.78 is 0. The van der Waals surface area contributed by atoms with Crippen LogP contribution in [0.25, 0.3) is 0 Å². The topological polar surface area (TPSA) is 0 Å². The van der Waals surface area contributed by atoms with Gasteiger partial charge >= 0.3 is 0 Å². The summed E-state index contributed by atoms with van der Waals surface area (Å²) >= 11 is 0. The van der Waals surface area contributed by atoms with Crippen molar-refractivity contribution < 1.29 is 0 Å². The maximum Gasteiger partial charge on any atom is -0.0443 e. The maximum absolute atomic E-state index is 2.39. The Hall–Kier alpha value is 0. The molecule has 1 atom stereocenters. The average Bonchev–Trinajstić information content (AvgIpc) is 3.14. The molecule has 51 heavy (non-hydrogen) atoms. The van der Waals surface area contributed by atoms with Crippen LogP contribution in [0.3, 0.4) is 0 Å². The molecule has 0 radical (unpaired) electrons. The van der Waals surface area contributed by atoms with Crippen LogP contribution < -0.4 is 0 Å². The van der Waals surface area contributed by atoms with Crippen LogP contribution in [0.15, 0.2) is 0 Å². The number of rotatable bonds is 35. The van der Waals surface area contributed by atoms with E-state index in [2.05, 4.69) is 76.2 Å². The largest absolute Gasteiger partial charge is 0.0654 e. The van der Waals surface area contributed by atoms with Gasteiger partial charge in [-0.1, -0.05) is 327 Å². The molecule has 0 aliphatic carbocycles. The van der Waals surface area contributed by atoms with E-state index in [1.807, 2.05) is 0 Å². The highest BCUT2D eigenvalue weighted by molar-refractivity contribution is 4.53. The molecule has 0 heterocycles. The van der Waals surface area contributed by atoms with E-state index in [0.717, 1.165) is 5.92 Å². The zero-order valence-electron chi connectivity index (χ0n) is 39.2. The highest BCUT2D eigenvalue weighted by Crippen LogP contribution is 2.15. The van der Waals surface area contributed by atoms with Gasteiger partial charge < -0.3 is 0 Å². The number of hydrogen-bond donors (Lipinski definition) is 0. The Morgan fingerprint density at radius 3 is 0.490 bits per heavy atom. The molecule has 0 aromatic carbocycles. The zero-order chi connectivity index (χ0) is 39.2. The SMILES string of the molecule is CCCCCC(C)CCCC.CCCCCCCCCC.CCCCCCCCCC.CCCCCCCCCC.CCCCCCCCCC. The zero-order valence-corrected chi connectivity index (χ0v) is 39.2. The average molecular weight is 725 g/mol. The van der Waals surface area contributed by atoms with E-state index in [1.165, 1.54) is 250 Å². The van der Waals surface area contributed by atoms with Crippen molar-refractivity contribution in [1.29, 1.82) is 0 Å². The van der Waals surface area contributed by atoms with Crippen LogP contribution in [0.5, 0.6) is 0 Å². The van der Waals surface area contributed by atoms with E-state index >= 15 is 0 Å². The highest BCUT2D eigenvalue weighted by Gasteiger charge is 1.99. The van der Waals surface area contributed by atoms with Crippen LogP contribution in [0.2, 0.25) is 0 Å². The van der Waals surface area contributed by atoms with Crippen LogP contribution in [0.4, 0.5) is 0 Å². The minimum Gasteiger partial charge on any atom is -0.0654 e. The molecule has 0 N–H and O–H groups in total. The molecule has 316 valence electrons. The first-order valence-corrected chi connectivity index (χ1v) is 25.0. The second-order valence-electron chi connectivity index (χ2n) is 16.2. The Morgan fingerprint density at radius 1 is 0.176 bits per heavy atom. The second kappa shape index (κ2) is 68.1. The molecule has 0 aliphatic heterocycles. The van der Waals surface area contributed by atoms with Gasteiger partial charge in [-0.05, 0) is 5.92 Å². The van der Waals surface area contributed by atoms with Gasteiger partial charge in [0.1, 0.15) is 0 Å². The summed E-state index contributed by atoms with van der Waals surface area (Å²) in [5.41, 5.74) is 0. The van der Waals surface area contributed by atoms with Crippen LogP contribution in [-0.4, -0.2) is 0 Å². The quantitative estimate of drug-likeness (QED) is 0.0571. The number of hydrogen-bond acceptors (Lipinski definition) is 0. The van der Waals surface area contributed by atoms with Gasteiger partial charge in [-0.25, -0.2) is 0 Å². The smallest absolute Gasteiger partial charge is 0.0443 e. The van der Waals surface area contributed by atoms with Crippen LogP contribution in [0.1, 0.15) is 327 Å². The lowest BCUT2D eigenvalue weighted by atomic mass is 9.98. The Bertz CT molecular complexity index is 357. The number of unbranched alkanes of at least 4 members (excludes halogenated alkanes) is 31. The molecule has 1 unspecified atom stereocenters. The van der Waals surface area contributed by atoms with E-state index in [0.29, 0.717) is 0 Å². The fraction of sp³-hybridized carbons (Fsp3) is 1.00. The van der Waals surface area contributed by atoms with Gasteiger partial charge in [0.05, 0.1) is 0 Å². The van der Waals surface area contributed by atoms with Gasteiger partial charge in [0.25, 0.3) is 0 Å². The first kappa shape index (κ1) is 60.3. The third-order valence-electron chi connectivity index (χ3n) is 10.2. The van der Waals surface area contributed by atoms with Crippen molar-refractivity contribution in [2.75, 3.05) is 0 Å². The van der Waals surface area contributed by atoms with Crippen LogP contribution >= 0.6 is 0 Å². The Balaban J connectivity index is -0.000000173. The van der Waals surface area contributed by atoms with E-state index in [-0.39, 0.29) is 0 Å². The molecule has 0 saturated carbocycles. The lowest BCUT2D eigenvalue weighted by molar-refractivity contribution is 0.448. The first-order valence-electron chi connectivity index (χ1n) is 25.0. The molecule has 0 saturated heterocycles. The van der Waals surface area contributed by atoms with Crippen molar-refractivity contribution in [1.82, 2.24) is 0 Å². The monoisotopic (exact) mass is 725 g/mol. The molecule has 0 bridgehead atoms.